The molecule has 5 nitrogen and oxygen atoms in total. The molecule has 2 amide bonds. The molecule has 0 spiro atoms. The minimum absolute atomic E-state index is 0.116. The molecule has 0 radical (unpaired) electrons. The van der Waals surface area contributed by atoms with Crippen molar-refractivity contribution < 1.29 is 14.3 Å². The van der Waals surface area contributed by atoms with Crippen LogP contribution in [0.4, 0.5) is 0 Å². The topological polar surface area (TPSA) is 58.6 Å². The molecule has 0 aliphatic carbocycles. The van der Waals surface area contributed by atoms with Gasteiger partial charge >= 0.3 is 0 Å². The molecule has 8 heteroatoms. The smallest absolute Gasteiger partial charge is 0.242 e. The van der Waals surface area contributed by atoms with E-state index in [-0.39, 0.29) is 17.6 Å². The number of likely N-dealkylation sites (N-methyl/N-ethyl adjacent to an activating group) is 1. The van der Waals surface area contributed by atoms with E-state index in [0.29, 0.717) is 28.8 Å². The second kappa shape index (κ2) is 12.1. The van der Waals surface area contributed by atoms with Crippen molar-refractivity contribution in [1.29, 1.82) is 0 Å². The zero-order valence-electron chi connectivity index (χ0n) is 17.3. The molecule has 1 atom stereocenters. The van der Waals surface area contributed by atoms with E-state index in [2.05, 4.69) is 5.32 Å². The predicted molar refractivity (Wildman–Crippen MR) is 124 cm³/mol. The zero-order chi connectivity index (χ0) is 22.1. The Hall–Kier alpha value is -1.89. The Morgan fingerprint density at radius 3 is 2.30 bits per heavy atom. The first-order valence-electron chi connectivity index (χ1n) is 9.55. The summed E-state index contributed by atoms with van der Waals surface area (Å²) >= 11 is 13.9. The molecule has 0 unspecified atom stereocenters. The molecular formula is C22H26Cl2N2O3S. The van der Waals surface area contributed by atoms with Gasteiger partial charge in [0.15, 0.2) is 0 Å². The summed E-state index contributed by atoms with van der Waals surface area (Å²) in [4.78, 5) is 27.1. The van der Waals surface area contributed by atoms with Gasteiger partial charge in [-0.25, -0.2) is 0 Å². The third-order valence-electron chi connectivity index (χ3n) is 4.68. The van der Waals surface area contributed by atoms with E-state index in [4.69, 9.17) is 27.9 Å². The van der Waals surface area contributed by atoms with Gasteiger partial charge in [-0.3, -0.25) is 9.59 Å². The third kappa shape index (κ3) is 6.56. The Labute approximate surface area is 192 Å². The maximum absolute atomic E-state index is 13.1. The predicted octanol–water partition coefficient (Wildman–Crippen LogP) is 4.79. The molecule has 0 aliphatic rings. The standard InChI is InChI=1S/C22H26Cl2N2O3S/c1-4-20(22(28)25-2)26(12-15-8-10-16(29-3)11-9-15)21(27)14-30-13-17-18(23)6-5-7-19(17)24/h5-11,20H,4,12-14H2,1-3H3,(H,25,28)/t20-/m0/s1. The van der Waals surface area contributed by atoms with E-state index >= 15 is 0 Å². The van der Waals surface area contributed by atoms with Crippen molar-refractivity contribution in [3.8, 4) is 5.75 Å². The summed E-state index contributed by atoms with van der Waals surface area (Å²) in [6.45, 7) is 2.23. The highest BCUT2D eigenvalue weighted by molar-refractivity contribution is 7.99. The lowest BCUT2D eigenvalue weighted by Gasteiger charge is -2.30. The molecule has 0 saturated carbocycles. The summed E-state index contributed by atoms with van der Waals surface area (Å²) < 4.78 is 5.19. The normalized spacial score (nSPS) is 11.6. The average molecular weight is 469 g/mol. The van der Waals surface area contributed by atoms with Crippen LogP contribution in [0.5, 0.6) is 5.75 Å². The van der Waals surface area contributed by atoms with Crippen LogP contribution in [0.2, 0.25) is 10.0 Å². The first-order chi connectivity index (χ1) is 14.4. The van der Waals surface area contributed by atoms with Crippen LogP contribution in [0.1, 0.15) is 24.5 Å². The lowest BCUT2D eigenvalue weighted by Crippen LogP contribution is -2.48. The number of nitrogens with zero attached hydrogens (tertiary/aromatic N) is 1. The molecular weight excluding hydrogens is 443 g/mol. The van der Waals surface area contributed by atoms with Crippen LogP contribution in [-0.2, 0) is 21.9 Å². The van der Waals surface area contributed by atoms with E-state index in [1.165, 1.54) is 11.8 Å². The summed E-state index contributed by atoms with van der Waals surface area (Å²) in [7, 11) is 3.18. The number of rotatable bonds is 10. The SMILES string of the molecule is CC[C@@H](C(=O)NC)N(Cc1ccc(OC)cc1)C(=O)CSCc1c(Cl)cccc1Cl. The van der Waals surface area contributed by atoms with Gasteiger partial charge in [0.05, 0.1) is 12.9 Å². The number of nitrogens with one attached hydrogen (secondary N) is 1. The van der Waals surface area contributed by atoms with Gasteiger partial charge in [0, 0.05) is 29.4 Å². The first kappa shape index (κ1) is 24.4. The highest BCUT2D eigenvalue weighted by Gasteiger charge is 2.28. The van der Waals surface area contributed by atoms with Gasteiger partial charge < -0.3 is 15.0 Å². The number of carbonyl (C=O) groups is 2. The largest absolute Gasteiger partial charge is 0.497 e. The number of carbonyl (C=O) groups excluding carboxylic acids is 2. The van der Waals surface area contributed by atoms with Crippen molar-refractivity contribution in [2.75, 3.05) is 19.9 Å². The van der Waals surface area contributed by atoms with Gasteiger partial charge in [-0.05, 0) is 41.8 Å². The summed E-state index contributed by atoms with van der Waals surface area (Å²) in [6, 6.07) is 12.3. The number of amides is 2. The molecule has 2 aromatic carbocycles. The summed E-state index contributed by atoms with van der Waals surface area (Å²) in [6.07, 6.45) is 0.516. The third-order valence-corrected chi connectivity index (χ3v) is 6.33. The Morgan fingerprint density at radius 2 is 1.77 bits per heavy atom. The fourth-order valence-corrected chi connectivity index (χ4v) is 4.65. The van der Waals surface area contributed by atoms with Gasteiger partial charge in [0.2, 0.25) is 11.8 Å². The lowest BCUT2D eigenvalue weighted by molar-refractivity contribution is -0.139. The van der Waals surface area contributed by atoms with Gasteiger partial charge in [0.1, 0.15) is 11.8 Å². The Balaban J connectivity index is 2.13. The van der Waals surface area contributed by atoms with Crippen molar-refractivity contribution in [1.82, 2.24) is 10.2 Å². The van der Waals surface area contributed by atoms with Crippen molar-refractivity contribution in [3.05, 3.63) is 63.6 Å². The maximum atomic E-state index is 13.1. The highest BCUT2D eigenvalue weighted by atomic mass is 35.5. The number of benzene rings is 2. The summed E-state index contributed by atoms with van der Waals surface area (Å²) in [5, 5.41) is 3.81. The number of ether oxygens (including phenoxy) is 1. The number of hydrogen-bond donors (Lipinski definition) is 1. The lowest BCUT2D eigenvalue weighted by atomic mass is 10.1. The van der Waals surface area contributed by atoms with Crippen LogP contribution in [0.15, 0.2) is 42.5 Å². The number of methoxy groups -OCH3 is 1. The van der Waals surface area contributed by atoms with Crippen LogP contribution in [0.25, 0.3) is 0 Å². The monoisotopic (exact) mass is 468 g/mol. The summed E-state index contributed by atoms with van der Waals surface area (Å²) in [5.74, 6) is 1.16. The quantitative estimate of drug-likeness (QED) is 0.544. The van der Waals surface area contributed by atoms with Gasteiger partial charge in [-0.15, -0.1) is 11.8 Å². The number of halogens is 2. The van der Waals surface area contributed by atoms with E-state index in [1.54, 1.807) is 37.3 Å². The molecule has 1 N–H and O–H groups in total. The molecule has 0 saturated heterocycles. The van der Waals surface area contributed by atoms with E-state index in [0.717, 1.165) is 16.9 Å². The molecule has 0 heterocycles. The van der Waals surface area contributed by atoms with Crippen LogP contribution in [0.3, 0.4) is 0 Å². The summed E-state index contributed by atoms with van der Waals surface area (Å²) in [5.41, 5.74) is 1.73. The molecule has 0 aromatic heterocycles. The molecule has 162 valence electrons. The van der Waals surface area contributed by atoms with Crippen LogP contribution >= 0.6 is 35.0 Å². The van der Waals surface area contributed by atoms with E-state index in [9.17, 15) is 9.59 Å². The van der Waals surface area contributed by atoms with Crippen molar-refractivity contribution >= 4 is 46.8 Å². The van der Waals surface area contributed by atoms with Crippen LogP contribution < -0.4 is 10.1 Å². The second-order valence-corrected chi connectivity index (χ2v) is 8.40. The molecule has 30 heavy (non-hydrogen) atoms. The highest BCUT2D eigenvalue weighted by Crippen LogP contribution is 2.28. The first-order valence-corrected chi connectivity index (χ1v) is 11.5. The Kier molecular flexibility index (Phi) is 9.82. The van der Waals surface area contributed by atoms with E-state index in [1.807, 2.05) is 31.2 Å². The minimum atomic E-state index is -0.547. The number of thioether (sulfide) groups is 1. The van der Waals surface area contributed by atoms with Crippen LogP contribution in [0, 0.1) is 0 Å². The molecule has 0 aliphatic heterocycles. The maximum Gasteiger partial charge on any atom is 0.242 e. The van der Waals surface area contributed by atoms with Gasteiger partial charge in [-0.1, -0.05) is 48.3 Å². The van der Waals surface area contributed by atoms with Crippen LogP contribution in [-0.4, -0.2) is 42.7 Å². The Morgan fingerprint density at radius 1 is 1.13 bits per heavy atom. The molecule has 2 rings (SSSR count). The minimum Gasteiger partial charge on any atom is -0.497 e. The fraction of sp³-hybridized carbons (Fsp3) is 0.364. The van der Waals surface area contributed by atoms with Gasteiger partial charge in [-0.2, -0.15) is 0 Å². The zero-order valence-corrected chi connectivity index (χ0v) is 19.6. The van der Waals surface area contributed by atoms with Crippen molar-refractivity contribution in [3.63, 3.8) is 0 Å². The molecule has 0 bridgehead atoms. The second-order valence-electron chi connectivity index (χ2n) is 6.60. The van der Waals surface area contributed by atoms with Crippen molar-refractivity contribution in [2.24, 2.45) is 0 Å². The van der Waals surface area contributed by atoms with Gasteiger partial charge in [0.25, 0.3) is 0 Å². The fourth-order valence-electron chi connectivity index (χ4n) is 3.01. The molecule has 0 fully saturated rings. The average Bonchev–Trinajstić information content (AvgIpc) is 2.75. The van der Waals surface area contributed by atoms with E-state index < -0.39 is 6.04 Å². The number of hydrogen-bond acceptors (Lipinski definition) is 4. The van der Waals surface area contributed by atoms with Crippen molar-refractivity contribution in [2.45, 2.75) is 31.7 Å². The molecule has 2 aromatic rings. The Bertz CT molecular complexity index is 842.